The topological polar surface area (TPSA) is 67.3 Å². The molecule has 0 bridgehead atoms. The number of pyridine rings is 1. The molecule has 0 amide bonds. The van der Waals surface area contributed by atoms with Crippen LogP contribution in [0.2, 0.25) is 0 Å². The fraction of sp³-hybridized carbons (Fsp3) is 0.167. The van der Waals surface area contributed by atoms with E-state index in [1.165, 1.54) is 25.5 Å². The Morgan fingerprint density at radius 2 is 1.69 bits per heavy atom. The van der Waals surface area contributed by atoms with Crippen molar-refractivity contribution in [3.05, 3.63) is 100 Å². The molecule has 0 unspecified atom stereocenters. The summed E-state index contributed by atoms with van der Waals surface area (Å²) in [5.41, 5.74) is 9.78. The Hall–Kier alpha value is -3.40. The van der Waals surface area contributed by atoms with Crippen LogP contribution in [0.1, 0.15) is 46.5 Å². The Balaban J connectivity index is 0.000000378. The zero-order valence-corrected chi connectivity index (χ0v) is 22.7. The van der Waals surface area contributed by atoms with Crippen LogP contribution in [0.15, 0.2) is 66.4 Å². The second-order valence-corrected chi connectivity index (χ2v) is 8.73. The van der Waals surface area contributed by atoms with Gasteiger partial charge in [0, 0.05) is 48.3 Å². The van der Waals surface area contributed by atoms with Crippen molar-refractivity contribution in [3.8, 4) is 22.4 Å². The molecule has 1 aliphatic carbocycles. The zero-order valence-electron chi connectivity index (χ0n) is 20.3. The first-order valence-electron chi connectivity index (χ1n) is 11.1. The van der Waals surface area contributed by atoms with Gasteiger partial charge in [-0.25, -0.2) is 0 Å². The Kier molecular flexibility index (Phi) is 7.84. The molecule has 4 nitrogen and oxygen atoms in total. The van der Waals surface area contributed by atoms with Gasteiger partial charge in [0.05, 0.1) is 11.3 Å². The second kappa shape index (κ2) is 10.5. The van der Waals surface area contributed by atoms with Gasteiger partial charge < -0.3 is 5.11 Å². The quantitative estimate of drug-likeness (QED) is 0.130. The number of ketones is 2. The number of nitrogens with zero attached hydrogens (tertiary/aromatic N) is 1. The van der Waals surface area contributed by atoms with Crippen LogP contribution in [0.4, 0.5) is 0 Å². The minimum atomic E-state index is -0.125. The van der Waals surface area contributed by atoms with Gasteiger partial charge in [0.15, 0.2) is 11.6 Å². The first-order chi connectivity index (χ1) is 16.2. The van der Waals surface area contributed by atoms with Crippen LogP contribution in [0.5, 0.6) is 0 Å². The molecule has 4 aromatic rings. The Bertz CT molecular complexity index is 1480. The fourth-order valence-corrected chi connectivity index (χ4v) is 4.47. The summed E-state index contributed by atoms with van der Waals surface area (Å²) in [6.45, 7) is 8.98. The molecular weight excluding hydrogens is 615 g/mol. The zero-order chi connectivity index (χ0) is 24.6. The van der Waals surface area contributed by atoms with Gasteiger partial charge in [0.25, 0.3) is 0 Å². The average Bonchev–Trinajstić information content (AvgIpc) is 3.06. The first kappa shape index (κ1) is 26.2. The Labute approximate surface area is 219 Å². The standard InChI is InChI=1S/C25H18NO.C5H8O2.Ir/c1-14-11-15(2)13-17(12-14)21-9-7-18-22(26-21)10-8-20-24(18)19-6-4-5-16(3)23(19)25(20)27;1-4(6)3-5(2)7;/h4-12H,1-3H3;3,6H,1-2H3;/q-1;;/b;4-3-;. The predicted octanol–water partition coefficient (Wildman–Crippen LogP) is 6.87. The largest absolute Gasteiger partial charge is 0.512 e. The van der Waals surface area contributed by atoms with E-state index in [-0.39, 0.29) is 37.4 Å². The number of carbonyl (C=O) groups is 2. The van der Waals surface area contributed by atoms with E-state index in [9.17, 15) is 9.59 Å². The van der Waals surface area contributed by atoms with E-state index in [0.717, 1.165) is 55.5 Å². The van der Waals surface area contributed by atoms with Gasteiger partial charge in [-0.15, -0.1) is 34.9 Å². The SMILES string of the molecule is CC(=O)/C=C(/C)O.Cc1[c-]c(-c2ccc3c4c(ccc3n2)C(=O)c2c(C)cccc2-4)cc(C)c1.[Ir]. The monoisotopic (exact) mass is 641 g/mol. The van der Waals surface area contributed by atoms with Crippen LogP contribution in [0.3, 0.4) is 0 Å². The van der Waals surface area contributed by atoms with Gasteiger partial charge in [0.2, 0.25) is 0 Å². The number of hydrogen-bond donors (Lipinski definition) is 1. The fourth-order valence-electron chi connectivity index (χ4n) is 4.47. The average molecular weight is 641 g/mol. The maximum absolute atomic E-state index is 12.9. The molecule has 35 heavy (non-hydrogen) atoms. The third kappa shape index (κ3) is 5.32. The van der Waals surface area contributed by atoms with Gasteiger partial charge in [-0.1, -0.05) is 44.2 Å². The molecule has 5 rings (SSSR count). The summed E-state index contributed by atoms with van der Waals surface area (Å²) in [5, 5.41) is 9.39. The van der Waals surface area contributed by atoms with Crippen molar-refractivity contribution in [2.24, 2.45) is 0 Å². The van der Waals surface area contributed by atoms with Crippen LogP contribution >= 0.6 is 0 Å². The molecule has 1 heterocycles. The summed E-state index contributed by atoms with van der Waals surface area (Å²) in [5.74, 6) is 0.0548. The maximum Gasteiger partial charge on any atom is 0.194 e. The molecule has 1 aromatic heterocycles. The van der Waals surface area contributed by atoms with Crippen LogP contribution in [0, 0.1) is 26.8 Å². The molecule has 1 N–H and O–H groups in total. The van der Waals surface area contributed by atoms with Crippen molar-refractivity contribution in [2.45, 2.75) is 34.6 Å². The van der Waals surface area contributed by atoms with E-state index >= 15 is 0 Å². The number of carbonyl (C=O) groups excluding carboxylic acids is 2. The summed E-state index contributed by atoms with van der Waals surface area (Å²) in [6, 6.07) is 21.7. The number of hydrogen-bond acceptors (Lipinski definition) is 4. The van der Waals surface area contributed by atoms with E-state index in [1.807, 2.05) is 43.3 Å². The molecule has 1 aliphatic rings. The van der Waals surface area contributed by atoms with Crippen LogP contribution in [-0.2, 0) is 24.9 Å². The summed E-state index contributed by atoms with van der Waals surface area (Å²) in [7, 11) is 0. The van der Waals surface area contributed by atoms with Gasteiger partial charge in [0.1, 0.15) is 0 Å². The van der Waals surface area contributed by atoms with E-state index in [0.29, 0.717) is 0 Å². The molecule has 179 valence electrons. The second-order valence-electron chi connectivity index (χ2n) is 8.73. The summed E-state index contributed by atoms with van der Waals surface area (Å²) >= 11 is 0. The van der Waals surface area contributed by atoms with E-state index < -0.39 is 0 Å². The minimum Gasteiger partial charge on any atom is -0.512 e. The maximum atomic E-state index is 12.9. The van der Waals surface area contributed by atoms with Crippen molar-refractivity contribution in [3.63, 3.8) is 0 Å². The smallest absolute Gasteiger partial charge is 0.194 e. The molecule has 1 radical (unpaired) electrons. The molecule has 0 saturated carbocycles. The van der Waals surface area contributed by atoms with Crippen LogP contribution < -0.4 is 0 Å². The third-order valence-corrected chi connectivity index (χ3v) is 5.72. The Morgan fingerprint density at radius 3 is 2.31 bits per heavy atom. The van der Waals surface area contributed by atoms with Gasteiger partial charge in [-0.2, -0.15) is 0 Å². The van der Waals surface area contributed by atoms with Crippen molar-refractivity contribution < 1.29 is 34.8 Å². The van der Waals surface area contributed by atoms with Gasteiger partial charge in [-0.3, -0.25) is 14.6 Å². The van der Waals surface area contributed by atoms with Crippen molar-refractivity contribution in [2.75, 3.05) is 0 Å². The number of aromatic nitrogens is 1. The number of fused-ring (bicyclic) bond motifs is 5. The molecule has 0 aliphatic heterocycles. The molecule has 3 aromatic carbocycles. The first-order valence-corrected chi connectivity index (χ1v) is 11.1. The summed E-state index contributed by atoms with van der Waals surface area (Å²) < 4.78 is 0. The molecule has 0 fully saturated rings. The summed E-state index contributed by atoms with van der Waals surface area (Å²) in [6.07, 6.45) is 1.17. The van der Waals surface area contributed by atoms with Crippen LogP contribution in [-0.4, -0.2) is 21.7 Å². The molecule has 0 saturated heterocycles. The van der Waals surface area contributed by atoms with Gasteiger partial charge in [-0.05, 0) is 49.7 Å². The van der Waals surface area contributed by atoms with Crippen LogP contribution in [0.25, 0.3) is 33.3 Å². The molecule has 5 heteroatoms. The number of rotatable bonds is 2. The van der Waals surface area contributed by atoms with E-state index in [4.69, 9.17) is 10.1 Å². The van der Waals surface area contributed by atoms with Gasteiger partial charge >= 0.3 is 0 Å². The normalized spacial score (nSPS) is 11.8. The molecule has 0 atom stereocenters. The van der Waals surface area contributed by atoms with Crippen molar-refractivity contribution >= 4 is 22.5 Å². The Morgan fingerprint density at radius 1 is 0.943 bits per heavy atom. The molecule has 0 spiro atoms. The summed E-state index contributed by atoms with van der Waals surface area (Å²) in [4.78, 5) is 27.8. The number of benzene rings is 3. The van der Waals surface area contributed by atoms with Crippen molar-refractivity contribution in [1.82, 2.24) is 4.98 Å². The third-order valence-electron chi connectivity index (χ3n) is 5.72. The number of allylic oxidation sites excluding steroid dienone is 2. The predicted molar refractivity (Wildman–Crippen MR) is 136 cm³/mol. The number of aliphatic hydroxyl groups is 1. The molecular formula is C30H26IrNO3-. The minimum absolute atomic E-state index is 0. The van der Waals surface area contributed by atoms with Crippen molar-refractivity contribution in [1.29, 1.82) is 0 Å². The van der Waals surface area contributed by atoms with E-state index in [2.05, 4.69) is 38.1 Å². The number of aryl methyl sites for hydroxylation is 3. The van der Waals surface area contributed by atoms with E-state index in [1.54, 1.807) is 0 Å². The number of aliphatic hydroxyl groups excluding tert-OH is 1.